The van der Waals surface area contributed by atoms with E-state index in [1.165, 1.54) is 0 Å². The standard InChI is InChI=1S/C20H20N4O3S/c25-18(22-10-5-12-23-13-11-21-15-23)14-24-19(26)17(28-20(24)27)9-4-8-16-6-2-1-3-7-16/h1-4,6-9,11,13,15H,5,10,12,14H2,(H,22,25)/b8-4+,17-9-. The van der Waals surface area contributed by atoms with Crippen LogP contribution in [0.3, 0.4) is 0 Å². The Labute approximate surface area is 167 Å². The first-order valence-electron chi connectivity index (χ1n) is 8.83. The number of imide groups is 1. The number of allylic oxidation sites excluding steroid dienone is 2. The lowest BCUT2D eigenvalue weighted by Gasteiger charge is -2.12. The maximum absolute atomic E-state index is 12.4. The summed E-state index contributed by atoms with van der Waals surface area (Å²) in [4.78, 5) is 41.7. The Kier molecular flexibility index (Phi) is 6.80. The summed E-state index contributed by atoms with van der Waals surface area (Å²) in [5.74, 6) is -0.796. The van der Waals surface area contributed by atoms with Crippen LogP contribution >= 0.6 is 11.8 Å². The average Bonchev–Trinajstić information content (AvgIpc) is 3.30. The first kappa shape index (κ1) is 19.6. The number of benzene rings is 1. The number of hydrogen-bond donors (Lipinski definition) is 1. The summed E-state index contributed by atoms with van der Waals surface area (Å²) < 4.78 is 1.91. The fraction of sp³-hybridized carbons (Fsp3) is 0.200. The van der Waals surface area contributed by atoms with Crippen LogP contribution < -0.4 is 5.32 Å². The minimum atomic E-state index is -0.443. The molecule has 0 aliphatic carbocycles. The molecule has 1 aromatic carbocycles. The molecule has 1 aromatic heterocycles. The molecule has 0 saturated carbocycles. The highest BCUT2D eigenvalue weighted by atomic mass is 32.2. The molecule has 0 atom stereocenters. The molecule has 144 valence electrons. The first-order valence-corrected chi connectivity index (χ1v) is 9.64. The van der Waals surface area contributed by atoms with Crippen molar-refractivity contribution in [2.45, 2.75) is 13.0 Å². The zero-order valence-electron chi connectivity index (χ0n) is 15.2. The second kappa shape index (κ2) is 9.70. The van der Waals surface area contributed by atoms with Crippen molar-refractivity contribution in [2.75, 3.05) is 13.1 Å². The molecule has 1 saturated heterocycles. The van der Waals surface area contributed by atoms with Crippen LogP contribution in [0.1, 0.15) is 12.0 Å². The molecule has 0 bridgehead atoms. The summed E-state index contributed by atoms with van der Waals surface area (Å²) in [5, 5.41) is 2.30. The minimum absolute atomic E-state index is 0.268. The summed E-state index contributed by atoms with van der Waals surface area (Å²) in [5.41, 5.74) is 0.994. The molecule has 3 amide bonds. The normalized spacial score (nSPS) is 15.7. The number of aryl methyl sites for hydroxylation is 1. The number of thioether (sulfide) groups is 1. The number of aromatic nitrogens is 2. The van der Waals surface area contributed by atoms with Gasteiger partial charge in [-0.2, -0.15) is 0 Å². The third-order valence-corrected chi connectivity index (χ3v) is 4.91. The topological polar surface area (TPSA) is 84.3 Å². The Morgan fingerprint density at radius 2 is 2.04 bits per heavy atom. The Bertz CT molecular complexity index is 891. The van der Waals surface area contributed by atoms with Crippen LogP contribution in [-0.2, 0) is 16.1 Å². The second-order valence-electron chi connectivity index (χ2n) is 6.06. The van der Waals surface area contributed by atoms with Gasteiger partial charge in [0.05, 0.1) is 11.2 Å². The molecule has 1 N–H and O–H groups in total. The van der Waals surface area contributed by atoms with Crippen LogP contribution in [-0.4, -0.2) is 44.6 Å². The van der Waals surface area contributed by atoms with Crippen molar-refractivity contribution in [1.29, 1.82) is 0 Å². The van der Waals surface area contributed by atoms with Crippen LogP contribution in [0.25, 0.3) is 6.08 Å². The van der Waals surface area contributed by atoms with E-state index >= 15 is 0 Å². The zero-order valence-corrected chi connectivity index (χ0v) is 16.0. The molecular formula is C20H20N4O3S. The predicted octanol–water partition coefficient (Wildman–Crippen LogP) is 2.68. The molecule has 0 radical (unpaired) electrons. The number of nitrogens with zero attached hydrogens (tertiary/aromatic N) is 3. The van der Waals surface area contributed by atoms with Gasteiger partial charge in [0.1, 0.15) is 6.54 Å². The molecule has 1 aliphatic heterocycles. The summed E-state index contributed by atoms with van der Waals surface area (Å²) in [6, 6.07) is 9.63. The van der Waals surface area contributed by atoms with E-state index in [0.29, 0.717) is 11.4 Å². The van der Waals surface area contributed by atoms with Gasteiger partial charge in [-0.3, -0.25) is 19.3 Å². The van der Waals surface area contributed by atoms with Gasteiger partial charge in [0.15, 0.2) is 0 Å². The second-order valence-corrected chi connectivity index (χ2v) is 7.06. The van der Waals surface area contributed by atoms with Crippen LogP contribution in [0.4, 0.5) is 4.79 Å². The van der Waals surface area contributed by atoms with Gasteiger partial charge in [0.2, 0.25) is 5.91 Å². The minimum Gasteiger partial charge on any atom is -0.354 e. The summed E-state index contributed by atoms with van der Waals surface area (Å²) in [7, 11) is 0. The molecule has 1 fully saturated rings. The third kappa shape index (κ3) is 5.43. The monoisotopic (exact) mass is 396 g/mol. The van der Waals surface area contributed by atoms with Gasteiger partial charge in [0.25, 0.3) is 11.1 Å². The number of hydrogen-bond acceptors (Lipinski definition) is 5. The average molecular weight is 396 g/mol. The lowest BCUT2D eigenvalue weighted by molar-refractivity contribution is -0.129. The zero-order chi connectivity index (χ0) is 19.8. The SMILES string of the molecule is O=C(CN1C(=O)S/C(=C\C=C\c2ccccc2)C1=O)NCCCn1ccnc1. The Morgan fingerprint density at radius 1 is 1.21 bits per heavy atom. The molecule has 8 heteroatoms. The van der Waals surface area contributed by atoms with Crippen molar-refractivity contribution in [3.05, 3.63) is 71.7 Å². The molecule has 7 nitrogen and oxygen atoms in total. The number of nitrogens with one attached hydrogen (secondary N) is 1. The van der Waals surface area contributed by atoms with Crippen molar-refractivity contribution < 1.29 is 14.4 Å². The van der Waals surface area contributed by atoms with E-state index in [2.05, 4.69) is 10.3 Å². The first-order chi connectivity index (χ1) is 13.6. The molecule has 2 aromatic rings. The van der Waals surface area contributed by atoms with E-state index in [1.54, 1.807) is 24.7 Å². The van der Waals surface area contributed by atoms with E-state index in [-0.39, 0.29) is 12.5 Å². The van der Waals surface area contributed by atoms with Gasteiger partial charge < -0.3 is 9.88 Å². The van der Waals surface area contributed by atoms with E-state index in [9.17, 15) is 14.4 Å². The van der Waals surface area contributed by atoms with Crippen molar-refractivity contribution >= 4 is 34.9 Å². The molecular weight excluding hydrogens is 376 g/mol. The van der Waals surface area contributed by atoms with Gasteiger partial charge in [-0.25, -0.2) is 4.98 Å². The third-order valence-electron chi connectivity index (χ3n) is 3.99. The Hall–Kier alpha value is -3.13. The largest absolute Gasteiger partial charge is 0.354 e. The quantitative estimate of drug-likeness (QED) is 0.548. The number of amides is 3. The van der Waals surface area contributed by atoms with Crippen LogP contribution in [0.5, 0.6) is 0 Å². The molecule has 2 heterocycles. The number of carbonyl (C=O) groups excluding carboxylic acids is 3. The van der Waals surface area contributed by atoms with E-state index in [1.807, 2.05) is 47.2 Å². The molecule has 1 aliphatic rings. The number of carbonyl (C=O) groups is 3. The van der Waals surface area contributed by atoms with Crippen LogP contribution in [0.2, 0.25) is 0 Å². The van der Waals surface area contributed by atoms with Crippen LogP contribution in [0.15, 0.2) is 66.1 Å². The Balaban J connectivity index is 1.47. The summed E-state index contributed by atoms with van der Waals surface area (Å²) in [6.07, 6.45) is 11.2. The number of imidazole rings is 1. The van der Waals surface area contributed by atoms with Crippen molar-refractivity contribution in [3.63, 3.8) is 0 Å². The maximum Gasteiger partial charge on any atom is 0.294 e. The van der Waals surface area contributed by atoms with Gasteiger partial charge in [0, 0.05) is 25.5 Å². The fourth-order valence-corrected chi connectivity index (χ4v) is 3.36. The van der Waals surface area contributed by atoms with Gasteiger partial charge in [-0.1, -0.05) is 42.5 Å². The number of rotatable bonds is 8. The van der Waals surface area contributed by atoms with E-state index in [0.717, 1.165) is 35.2 Å². The smallest absolute Gasteiger partial charge is 0.294 e. The Morgan fingerprint density at radius 3 is 2.79 bits per heavy atom. The fourth-order valence-electron chi connectivity index (χ4n) is 2.57. The highest BCUT2D eigenvalue weighted by molar-refractivity contribution is 8.18. The molecule has 3 rings (SSSR count). The van der Waals surface area contributed by atoms with E-state index in [4.69, 9.17) is 0 Å². The van der Waals surface area contributed by atoms with E-state index < -0.39 is 11.1 Å². The summed E-state index contributed by atoms with van der Waals surface area (Å²) >= 11 is 0.843. The lowest BCUT2D eigenvalue weighted by Crippen LogP contribution is -2.39. The maximum atomic E-state index is 12.4. The van der Waals surface area contributed by atoms with Crippen LogP contribution in [0, 0.1) is 0 Å². The van der Waals surface area contributed by atoms with Crippen molar-refractivity contribution in [2.24, 2.45) is 0 Å². The summed E-state index contributed by atoms with van der Waals surface area (Å²) in [6.45, 7) is 0.927. The van der Waals surface area contributed by atoms with Crippen molar-refractivity contribution in [1.82, 2.24) is 19.8 Å². The van der Waals surface area contributed by atoms with Gasteiger partial charge >= 0.3 is 0 Å². The van der Waals surface area contributed by atoms with Gasteiger partial charge in [-0.15, -0.1) is 0 Å². The highest BCUT2D eigenvalue weighted by Crippen LogP contribution is 2.30. The molecule has 28 heavy (non-hydrogen) atoms. The lowest BCUT2D eigenvalue weighted by atomic mass is 10.2. The predicted molar refractivity (Wildman–Crippen MR) is 108 cm³/mol. The van der Waals surface area contributed by atoms with Gasteiger partial charge in [-0.05, 0) is 29.8 Å². The molecule has 0 unspecified atom stereocenters. The van der Waals surface area contributed by atoms with Crippen molar-refractivity contribution in [3.8, 4) is 0 Å². The molecule has 0 spiro atoms. The highest BCUT2D eigenvalue weighted by Gasteiger charge is 2.35.